The smallest absolute Gasteiger partial charge is 0.280 e. The Morgan fingerprint density at radius 1 is 0.912 bits per heavy atom. The van der Waals surface area contributed by atoms with Gasteiger partial charge in [0, 0.05) is 18.1 Å². The molecule has 0 bridgehead atoms. The number of amides is 1. The molecule has 0 aliphatic heterocycles. The van der Waals surface area contributed by atoms with E-state index < -0.39 is 6.04 Å². The Morgan fingerprint density at radius 2 is 1.59 bits per heavy atom. The van der Waals surface area contributed by atoms with Crippen molar-refractivity contribution in [1.29, 1.82) is 0 Å². The van der Waals surface area contributed by atoms with Gasteiger partial charge in [0.25, 0.3) is 5.56 Å². The highest BCUT2D eigenvalue weighted by atomic mass is 16.2. The lowest BCUT2D eigenvalue weighted by atomic mass is 10.2. The van der Waals surface area contributed by atoms with E-state index in [2.05, 4.69) is 10.4 Å². The highest BCUT2D eigenvalue weighted by Crippen LogP contribution is 2.25. The number of rotatable bonds is 5. The van der Waals surface area contributed by atoms with Gasteiger partial charge in [0.05, 0.1) is 11.4 Å². The minimum atomic E-state index is -0.825. The van der Waals surface area contributed by atoms with Gasteiger partial charge in [-0.15, -0.1) is 0 Å². The van der Waals surface area contributed by atoms with Gasteiger partial charge in [-0.25, -0.2) is 9.36 Å². The number of hydrogen-bond donors (Lipinski definition) is 1. The van der Waals surface area contributed by atoms with Crippen LogP contribution >= 0.6 is 0 Å². The van der Waals surface area contributed by atoms with Crippen molar-refractivity contribution in [3.05, 3.63) is 101 Å². The molecule has 3 heterocycles. The zero-order valence-corrected chi connectivity index (χ0v) is 19.1. The second-order valence-corrected chi connectivity index (χ2v) is 8.25. The largest absolute Gasteiger partial charge is 0.324 e. The summed E-state index contributed by atoms with van der Waals surface area (Å²) in [4.78, 5) is 26.7. The second kappa shape index (κ2) is 8.47. The van der Waals surface area contributed by atoms with Crippen LogP contribution in [-0.4, -0.2) is 30.0 Å². The van der Waals surface area contributed by atoms with E-state index in [-0.39, 0.29) is 11.5 Å². The van der Waals surface area contributed by atoms with Crippen molar-refractivity contribution < 1.29 is 4.79 Å². The summed E-state index contributed by atoms with van der Waals surface area (Å²) >= 11 is 0. The molecule has 1 atom stereocenters. The maximum Gasteiger partial charge on any atom is 0.280 e. The number of hydrogen-bond acceptors (Lipinski definition) is 4. The van der Waals surface area contributed by atoms with Crippen LogP contribution in [0.3, 0.4) is 0 Å². The number of benzene rings is 2. The van der Waals surface area contributed by atoms with Crippen molar-refractivity contribution in [1.82, 2.24) is 24.1 Å². The zero-order valence-electron chi connectivity index (χ0n) is 19.1. The van der Waals surface area contributed by atoms with Crippen LogP contribution in [0.1, 0.15) is 24.2 Å². The summed E-state index contributed by atoms with van der Waals surface area (Å²) in [5.41, 5.74) is 3.26. The number of nitrogens with zero attached hydrogens (tertiary/aromatic N) is 5. The second-order valence-electron chi connectivity index (χ2n) is 8.25. The van der Waals surface area contributed by atoms with E-state index in [1.165, 1.54) is 4.68 Å². The summed E-state index contributed by atoms with van der Waals surface area (Å²) in [6.07, 6.45) is 3.73. The molecule has 0 fully saturated rings. The fourth-order valence-electron chi connectivity index (χ4n) is 3.95. The first-order valence-electron chi connectivity index (χ1n) is 11.0. The molecule has 5 aromatic rings. The van der Waals surface area contributed by atoms with Crippen LogP contribution in [0.15, 0.2) is 83.9 Å². The van der Waals surface area contributed by atoms with Crippen molar-refractivity contribution in [2.45, 2.75) is 26.8 Å². The molecule has 0 aliphatic carbocycles. The van der Waals surface area contributed by atoms with Gasteiger partial charge in [0.15, 0.2) is 5.82 Å². The Bertz CT molecular complexity index is 1530. The first kappa shape index (κ1) is 21.4. The minimum absolute atomic E-state index is 0.324. The minimum Gasteiger partial charge on any atom is -0.324 e. The molecule has 1 N–H and O–H groups in total. The van der Waals surface area contributed by atoms with Crippen molar-refractivity contribution in [3.8, 4) is 11.5 Å². The molecule has 3 aromatic heterocycles. The van der Waals surface area contributed by atoms with Crippen LogP contribution in [0, 0.1) is 13.8 Å². The average molecular weight is 453 g/mol. The molecule has 8 nitrogen and oxygen atoms in total. The Balaban J connectivity index is 1.66. The number of anilines is 1. The third-order valence-electron chi connectivity index (χ3n) is 5.80. The van der Waals surface area contributed by atoms with Crippen molar-refractivity contribution >= 4 is 22.5 Å². The molecular formula is C26H24N6O2. The van der Waals surface area contributed by atoms with Gasteiger partial charge in [0.1, 0.15) is 16.9 Å². The van der Waals surface area contributed by atoms with Crippen molar-refractivity contribution in [3.63, 3.8) is 0 Å². The number of aryl methyl sites for hydroxylation is 2. The Hall–Kier alpha value is -4.46. The fourth-order valence-corrected chi connectivity index (χ4v) is 3.95. The molecule has 170 valence electrons. The lowest BCUT2D eigenvalue weighted by Crippen LogP contribution is -2.34. The molecule has 8 heteroatoms. The predicted molar refractivity (Wildman–Crippen MR) is 132 cm³/mol. The molecular weight excluding hydrogens is 428 g/mol. The molecule has 1 amide bonds. The number of fused-ring (bicyclic) bond motifs is 1. The van der Waals surface area contributed by atoms with E-state index in [1.807, 2.05) is 90.6 Å². The quantitative estimate of drug-likeness (QED) is 0.433. The number of aromatic nitrogens is 5. The zero-order chi connectivity index (χ0) is 23.8. The van der Waals surface area contributed by atoms with E-state index >= 15 is 0 Å². The molecule has 0 saturated heterocycles. The summed E-state index contributed by atoms with van der Waals surface area (Å²) in [7, 11) is 0. The van der Waals surface area contributed by atoms with E-state index in [9.17, 15) is 9.59 Å². The number of para-hydroxylation sites is 1. The van der Waals surface area contributed by atoms with Crippen LogP contribution < -0.4 is 10.9 Å². The summed E-state index contributed by atoms with van der Waals surface area (Å²) in [5, 5.41) is 12.5. The highest BCUT2D eigenvalue weighted by molar-refractivity contribution is 5.94. The van der Waals surface area contributed by atoms with Gasteiger partial charge in [-0.3, -0.25) is 9.59 Å². The van der Waals surface area contributed by atoms with E-state index in [4.69, 9.17) is 5.10 Å². The van der Waals surface area contributed by atoms with Gasteiger partial charge < -0.3 is 9.88 Å². The fraction of sp³-hybridized carbons (Fsp3) is 0.154. The SMILES string of the molecule is Cc1ccc(NC(=O)[C@@H](C)n2nc(C)c3nn(-c4ccccc4)c(-n4cccc4)c3c2=O)cc1. The number of carbonyl (C=O) groups excluding carboxylic acids is 1. The summed E-state index contributed by atoms with van der Waals surface area (Å²) in [6.45, 7) is 5.44. The Morgan fingerprint density at radius 3 is 2.26 bits per heavy atom. The number of nitrogens with one attached hydrogen (secondary N) is 1. The number of carbonyl (C=O) groups is 1. The molecule has 0 aliphatic rings. The molecule has 5 rings (SSSR count). The lowest BCUT2D eigenvalue weighted by Gasteiger charge is -2.15. The van der Waals surface area contributed by atoms with Crippen LogP contribution in [0.4, 0.5) is 5.69 Å². The summed E-state index contributed by atoms with van der Waals surface area (Å²) in [5.74, 6) is 0.275. The van der Waals surface area contributed by atoms with Crippen LogP contribution in [0.2, 0.25) is 0 Å². The maximum absolute atomic E-state index is 13.7. The maximum atomic E-state index is 13.7. The van der Waals surface area contributed by atoms with Crippen molar-refractivity contribution in [2.75, 3.05) is 5.32 Å². The van der Waals surface area contributed by atoms with Crippen LogP contribution in [0.25, 0.3) is 22.4 Å². The standard InChI is InChI=1S/C26H24N6O2/c1-17-11-13-20(14-12-17)27-24(33)19(3)31-26(34)22-23(18(2)28-31)29-32(21-9-5-4-6-10-21)25(22)30-15-7-8-16-30/h4-16,19H,1-3H3,(H,27,33)/t19-/m1/s1. The van der Waals surface area contributed by atoms with Gasteiger partial charge in [-0.05, 0) is 57.2 Å². The topological polar surface area (TPSA) is 86.7 Å². The normalized spacial score (nSPS) is 12.1. The molecule has 0 saturated carbocycles. The van der Waals surface area contributed by atoms with Gasteiger partial charge in [-0.2, -0.15) is 10.2 Å². The van der Waals surface area contributed by atoms with E-state index in [0.29, 0.717) is 28.1 Å². The van der Waals surface area contributed by atoms with E-state index in [0.717, 1.165) is 11.3 Å². The Labute approximate surface area is 196 Å². The molecule has 0 unspecified atom stereocenters. The van der Waals surface area contributed by atoms with Gasteiger partial charge >= 0.3 is 0 Å². The first-order valence-corrected chi connectivity index (χ1v) is 11.0. The average Bonchev–Trinajstić information content (AvgIpc) is 3.51. The lowest BCUT2D eigenvalue weighted by molar-refractivity contribution is -0.119. The molecule has 0 spiro atoms. The molecule has 34 heavy (non-hydrogen) atoms. The third kappa shape index (κ3) is 3.69. The van der Waals surface area contributed by atoms with Gasteiger partial charge in [0.2, 0.25) is 5.91 Å². The highest BCUT2D eigenvalue weighted by Gasteiger charge is 2.25. The predicted octanol–water partition coefficient (Wildman–Crippen LogP) is 4.19. The third-order valence-corrected chi connectivity index (χ3v) is 5.80. The molecule has 2 aromatic carbocycles. The molecule has 0 radical (unpaired) electrons. The van der Waals surface area contributed by atoms with Crippen LogP contribution in [-0.2, 0) is 4.79 Å². The monoisotopic (exact) mass is 452 g/mol. The van der Waals surface area contributed by atoms with Crippen LogP contribution in [0.5, 0.6) is 0 Å². The summed E-state index contributed by atoms with van der Waals surface area (Å²) in [6, 6.07) is 20.1. The van der Waals surface area contributed by atoms with Gasteiger partial charge in [-0.1, -0.05) is 35.9 Å². The van der Waals surface area contributed by atoms with E-state index in [1.54, 1.807) is 18.5 Å². The first-order chi connectivity index (χ1) is 16.4. The summed E-state index contributed by atoms with van der Waals surface area (Å²) < 4.78 is 4.83. The Kier molecular flexibility index (Phi) is 5.33. The van der Waals surface area contributed by atoms with Crippen molar-refractivity contribution in [2.24, 2.45) is 0 Å².